The normalized spacial score (nSPS) is 14.4. The van der Waals surface area contributed by atoms with E-state index in [4.69, 9.17) is 9.84 Å². The molecular formula is C24H25N7O2. The number of carbonyl (C=O) groups excluding carboxylic acids is 1. The Balaban J connectivity index is 1.25. The lowest BCUT2D eigenvalue weighted by molar-refractivity contribution is -0.125. The van der Waals surface area contributed by atoms with Crippen molar-refractivity contribution in [2.24, 2.45) is 5.92 Å². The zero-order chi connectivity index (χ0) is 22.6. The minimum atomic E-state index is 0.00595. The smallest absolute Gasteiger partial charge is 0.223 e. The third kappa shape index (κ3) is 4.48. The van der Waals surface area contributed by atoms with E-state index in [-0.39, 0.29) is 11.8 Å². The van der Waals surface area contributed by atoms with E-state index in [1.807, 2.05) is 48.5 Å². The summed E-state index contributed by atoms with van der Waals surface area (Å²) >= 11 is 0. The van der Waals surface area contributed by atoms with Crippen LogP contribution in [0.4, 0.5) is 5.82 Å². The highest BCUT2D eigenvalue weighted by molar-refractivity contribution is 5.79. The minimum absolute atomic E-state index is 0.00595. The maximum Gasteiger partial charge on any atom is 0.223 e. The average molecular weight is 444 g/mol. The van der Waals surface area contributed by atoms with Crippen LogP contribution < -0.4 is 15.0 Å². The second-order valence-corrected chi connectivity index (χ2v) is 8.05. The zero-order valence-corrected chi connectivity index (χ0v) is 18.4. The van der Waals surface area contributed by atoms with Gasteiger partial charge in [-0.2, -0.15) is 4.52 Å². The Morgan fingerprint density at radius 1 is 1.09 bits per heavy atom. The van der Waals surface area contributed by atoms with Crippen LogP contribution in [-0.2, 0) is 11.3 Å². The number of pyridine rings is 1. The third-order valence-electron chi connectivity index (χ3n) is 5.98. The molecule has 1 fully saturated rings. The molecule has 0 radical (unpaired) electrons. The fourth-order valence-corrected chi connectivity index (χ4v) is 4.07. The maximum atomic E-state index is 12.6. The summed E-state index contributed by atoms with van der Waals surface area (Å²) in [6.07, 6.45) is 5.07. The van der Waals surface area contributed by atoms with Crippen LogP contribution in [0.15, 0.2) is 60.9 Å². The van der Waals surface area contributed by atoms with Gasteiger partial charge in [0.05, 0.1) is 7.11 Å². The number of fused-ring (bicyclic) bond motifs is 1. The molecule has 9 nitrogen and oxygen atoms in total. The van der Waals surface area contributed by atoms with E-state index in [9.17, 15) is 4.79 Å². The predicted octanol–water partition coefficient (Wildman–Crippen LogP) is 2.73. The number of methoxy groups -OCH3 is 1. The van der Waals surface area contributed by atoms with Gasteiger partial charge in [-0.15, -0.1) is 15.3 Å². The van der Waals surface area contributed by atoms with E-state index in [1.54, 1.807) is 24.0 Å². The minimum Gasteiger partial charge on any atom is -0.497 e. The third-order valence-corrected chi connectivity index (χ3v) is 5.98. The molecule has 168 valence electrons. The number of nitrogens with one attached hydrogen (secondary N) is 1. The van der Waals surface area contributed by atoms with Crippen molar-refractivity contribution in [2.45, 2.75) is 19.4 Å². The van der Waals surface area contributed by atoms with E-state index < -0.39 is 0 Å². The SMILES string of the molecule is COc1ccc(-c2nnc3ccc(N4CCC(C(=O)NCc5cccnc5)CC4)nn23)cc1. The Morgan fingerprint density at radius 2 is 1.91 bits per heavy atom. The molecule has 9 heteroatoms. The molecule has 1 aliphatic rings. The summed E-state index contributed by atoms with van der Waals surface area (Å²) in [6.45, 7) is 2.04. The van der Waals surface area contributed by atoms with E-state index in [0.717, 1.165) is 48.6 Å². The Kier molecular flexibility index (Phi) is 5.84. The van der Waals surface area contributed by atoms with E-state index in [1.165, 1.54) is 0 Å². The molecule has 0 atom stereocenters. The summed E-state index contributed by atoms with van der Waals surface area (Å²) in [5.41, 5.74) is 2.61. The molecule has 1 amide bonds. The molecule has 0 spiro atoms. The summed E-state index contributed by atoms with van der Waals surface area (Å²) in [7, 11) is 1.64. The largest absolute Gasteiger partial charge is 0.497 e. The molecule has 0 unspecified atom stereocenters. The predicted molar refractivity (Wildman–Crippen MR) is 124 cm³/mol. The summed E-state index contributed by atoms with van der Waals surface area (Å²) in [5.74, 6) is 2.42. The van der Waals surface area contributed by atoms with Crippen LogP contribution in [0, 0.1) is 5.92 Å². The van der Waals surface area contributed by atoms with Crippen molar-refractivity contribution >= 4 is 17.4 Å². The molecule has 3 aromatic heterocycles. The van der Waals surface area contributed by atoms with Crippen molar-refractivity contribution in [1.82, 2.24) is 30.1 Å². The van der Waals surface area contributed by atoms with Crippen LogP contribution in [0.2, 0.25) is 0 Å². The second kappa shape index (κ2) is 9.23. The van der Waals surface area contributed by atoms with E-state index in [2.05, 4.69) is 25.4 Å². The number of nitrogens with zero attached hydrogens (tertiary/aromatic N) is 6. The first kappa shape index (κ1) is 20.9. The van der Waals surface area contributed by atoms with Gasteiger partial charge in [0.15, 0.2) is 11.5 Å². The average Bonchev–Trinajstić information content (AvgIpc) is 3.31. The van der Waals surface area contributed by atoms with Gasteiger partial charge in [-0.3, -0.25) is 9.78 Å². The molecule has 33 heavy (non-hydrogen) atoms. The van der Waals surface area contributed by atoms with Crippen molar-refractivity contribution in [3.05, 3.63) is 66.5 Å². The second-order valence-electron chi connectivity index (χ2n) is 8.05. The lowest BCUT2D eigenvalue weighted by Gasteiger charge is -2.32. The molecule has 4 aromatic rings. The summed E-state index contributed by atoms with van der Waals surface area (Å²) in [5, 5.41) is 16.4. The summed E-state index contributed by atoms with van der Waals surface area (Å²) in [4.78, 5) is 18.9. The standard InChI is InChI=1S/C24H25N7O2/c1-33-20-6-4-18(5-7-20)23-28-27-21-8-9-22(29-31(21)23)30-13-10-19(11-14-30)24(32)26-16-17-3-2-12-25-15-17/h2-9,12,15,19H,10-11,13-14,16H2,1H3,(H,26,32). The number of aromatic nitrogens is 5. The number of piperidine rings is 1. The molecule has 0 bridgehead atoms. The van der Waals surface area contributed by atoms with Crippen LogP contribution in [0.3, 0.4) is 0 Å². The molecular weight excluding hydrogens is 418 g/mol. The molecule has 5 rings (SSSR count). The molecule has 1 saturated heterocycles. The van der Waals surface area contributed by atoms with Crippen LogP contribution in [-0.4, -0.2) is 50.9 Å². The lowest BCUT2D eigenvalue weighted by atomic mass is 9.96. The number of hydrogen-bond acceptors (Lipinski definition) is 7. The Morgan fingerprint density at radius 3 is 2.64 bits per heavy atom. The summed E-state index contributed by atoms with van der Waals surface area (Å²) < 4.78 is 7.01. The number of rotatable bonds is 6. The fourth-order valence-electron chi connectivity index (χ4n) is 4.07. The highest BCUT2D eigenvalue weighted by Crippen LogP contribution is 2.25. The quantitative estimate of drug-likeness (QED) is 0.489. The van der Waals surface area contributed by atoms with Crippen molar-refractivity contribution in [1.29, 1.82) is 0 Å². The van der Waals surface area contributed by atoms with Crippen LogP contribution >= 0.6 is 0 Å². The molecule has 1 aromatic carbocycles. The van der Waals surface area contributed by atoms with Crippen molar-refractivity contribution < 1.29 is 9.53 Å². The Labute approximate surface area is 191 Å². The van der Waals surface area contributed by atoms with Crippen LogP contribution in [0.1, 0.15) is 18.4 Å². The molecule has 4 heterocycles. The monoisotopic (exact) mass is 443 g/mol. The number of anilines is 1. The maximum absolute atomic E-state index is 12.6. The highest BCUT2D eigenvalue weighted by Gasteiger charge is 2.26. The number of amides is 1. The molecule has 0 saturated carbocycles. The van der Waals surface area contributed by atoms with E-state index >= 15 is 0 Å². The van der Waals surface area contributed by atoms with Gasteiger partial charge in [-0.25, -0.2) is 0 Å². The topological polar surface area (TPSA) is 97.5 Å². The Bertz CT molecular complexity index is 1230. The Hall–Kier alpha value is -4.01. The van der Waals surface area contributed by atoms with Gasteiger partial charge >= 0.3 is 0 Å². The van der Waals surface area contributed by atoms with Gasteiger partial charge in [0, 0.05) is 43.5 Å². The first-order valence-corrected chi connectivity index (χ1v) is 11.0. The van der Waals surface area contributed by atoms with Crippen molar-refractivity contribution in [3.63, 3.8) is 0 Å². The first-order chi connectivity index (χ1) is 16.2. The van der Waals surface area contributed by atoms with E-state index in [0.29, 0.717) is 18.0 Å². The van der Waals surface area contributed by atoms with Crippen LogP contribution in [0.25, 0.3) is 17.0 Å². The van der Waals surface area contributed by atoms with Gasteiger partial charge in [-0.1, -0.05) is 6.07 Å². The van der Waals surface area contributed by atoms with Gasteiger partial charge < -0.3 is 15.0 Å². The number of carbonyl (C=O) groups is 1. The molecule has 1 aliphatic heterocycles. The number of benzene rings is 1. The van der Waals surface area contributed by atoms with Crippen molar-refractivity contribution in [2.75, 3.05) is 25.1 Å². The molecule has 0 aliphatic carbocycles. The van der Waals surface area contributed by atoms with Crippen molar-refractivity contribution in [3.8, 4) is 17.1 Å². The molecule has 1 N–H and O–H groups in total. The highest BCUT2D eigenvalue weighted by atomic mass is 16.5. The lowest BCUT2D eigenvalue weighted by Crippen LogP contribution is -2.40. The first-order valence-electron chi connectivity index (χ1n) is 11.0. The van der Waals surface area contributed by atoms with Crippen LogP contribution in [0.5, 0.6) is 5.75 Å². The van der Waals surface area contributed by atoms with Gasteiger partial charge in [0.2, 0.25) is 5.91 Å². The van der Waals surface area contributed by atoms with Gasteiger partial charge in [0.25, 0.3) is 0 Å². The van der Waals surface area contributed by atoms with Gasteiger partial charge in [0.1, 0.15) is 11.6 Å². The number of hydrogen-bond donors (Lipinski definition) is 1. The summed E-state index contributed by atoms with van der Waals surface area (Å²) in [6, 6.07) is 15.4. The number of ether oxygens (including phenoxy) is 1. The van der Waals surface area contributed by atoms with Gasteiger partial charge in [-0.05, 0) is 60.9 Å². The zero-order valence-electron chi connectivity index (χ0n) is 18.4. The fraction of sp³-hybridized carbons (Fsp3) is 0.292.